The van der Waals surface area contributed by atoms with E-state index in [0.29, 0.717) is 18.2 Å². The Morgan fingerprint density at radius 2 is 2.15 bits per heavy atom. The van der Waals surface area contributed by atoms with E-state index in [4.69, 9.17) is 9.72 Å². The number of ether oxygens (including phenoxy) is 1. The number of pyridine rings is 2. The lowest BCUT2D eigenvalue weighted by Crippen LogP contribution is -2.46. The first-order valence-electron chi connectivity index (χ1n) is 11.2. The van der Waals surface area contributed by atoms with Crippen LogP contribution in [-0.2, 0) is 18.3 Å². The molecule has 0 bridgehead atoms. The average Bonchev–Trinajstić information content (AvgIpc) is 3.44. The van der Waals surface area contributed by atoms with E-state index in [1.54, 1.807) is 20.4 Å². The predicted octanol–water partition coefficient (Wildman–Crippen LogP) is 2.12. The van der Waals surface area contributed by atoms with E-state index >= 15 is 0 Å². The van der Waals surface area contributed by atoms with Crippen LogP contribution in [0, 0.1) is 6.92 Å². The van der Waals surface area contributed by atoms with Crippen LogP contribution in [0.5, 0.6) is 5.88 Å². The van der Waals surface area contributed by atoms with Crippen molar-refractivity contribution in [3.05, 3.63) is 41.2 Å². The zero-order chi connectivity index (χ0) is 23.2. The highest BCUT2D eigenvalue weighted by Crippen LogP contribution is 2.38. The monoisotopic (exact) mass is 448 g/mol. The van der Waals surface area contributed by atoms with Crippen molar-refractivity contribution in [2.24, 2.45) is 7.05 Å². The molecule has 0 aliphatic carbocycles. The van der Waals surface area contributed by atoms with E-state index in [9.17, 15) is 4.79 Å². The number of fused-ring (bicyclic) bond motifs is 1. The van der Waals surface area contributed by atoms with Gasteiger partial charge in [-0.1, -0.05) is 0 Å². The number of tetrazole rings is 1. The van der Waals surface area contributed by atoms with E-state index in [1.807, 2.05) is 30.9 Å². The molecule has 0 radical (unpaired) electrons. The molecule has 1 fully saturated rings. The maximum atomic E-state index is 13.3. The van der Waals surface area contributed by atoms with Crippen molar-refractivity contribution in [3.8, 4) is 17.3 Å². The van der Waals surface area contributed by atoms with Crippen LogP contribution in [0.4, 0.5) is 5.82 Å². The van der Waals surface area contributed by atoms with Crippen LogP contribution in [0.3, 0.4) is 0 Å². The number of amides is 1. The van der Waals surface area contributed by atoms with Gasteiger partial charge in [-0.25, -0.2) is 9.97 Å². The maximum absolute atomic E-state index is 13.3. The van der Waals surface area contributed by atoms with Crippen LogP contribution in [0.1, 0.15) is 42.5 Å². The number of anilines is 1. The Hall–Kier alpha value is -3.56. The molecule has 3 aromatic heterocycles. The molecule has 2 aliphatic heterocycles. The highest BCUT2D eigenvalue weighted by molar-refractivity contribution is 5.84. The Labute approximate surface area is 192 Å². The van der Waals surface area contributed by atoms with Crippen LogP contribution >= 0.6 is 0 Å². The molecule has 2 atom stereocenters. The fourth-order valence-corrected chi connectivity index (χ4v) is 4.84. The number of carbonyl (C=O) groups is 1. The molecule has 172 valence electrons. The molecular formula is C23H28N8O2. The van der Waals surface area contributed by atoms with Gasteiger partial charge in [-0.3, -0.25) is 4.79 Å². The van der Waals surface area contributed by atoms with Gasteiger partial charge in [0.1, 0.15) is 5.82 Å². The minimum Gasteiger partial charge on any atom is -0.481 e. The van der Waals surface area contributed by atoms with E-state index in [-0.39, 0.29) is 17.4 Å². The number of carbonyl (C=O) groups excluding carboxylic acids is 1. The van der Waals surface area contributed by atoms with Crippen molar-refractivity contribution in [1.29, 1.82) is 0 Å². The first kappa shape index (κ1) is 21.3. The number of aryl methyl sites for hydroxylation is 3. The van der Waals surface area contributed by atoms with E-state index in [2.05, 4.69) is 31.8 Å². The summed E-state index contributed by atoms with van der Waals surface area (Å²) in [5, 5.41) is 16.1. The molecule has 33 heavy (non-hydrogen) atoms. The third kappa shape index (κ3) is 3.90. The Morgan fingerprint density at radius 1 is 1.30 bits per heavy atom. The maximum Gasteiger partial charge on any atom is 0.229 e. The summed E-state index contributed by atoms with van der Waals surface area (Å²) in [5.74, 6) is 1.88. The lowest BCUT2D eigenvalue weighted by atomic mass is 9.86. The molecule has 1 N–H and O–H groups in total. The second-order valence-electron chi connectivity index (χ2n) is 9.00. The zero-order valence-electron chi connectivity index (χ0n) is 19.4. The summed E-state index contributed by atoms with van der Waals surface area (Å²) in [6, 6.07) is 5.83. The molecule has 5 rings (SSSR count). The Balaban J connectivity index is 1.32. The number of hydrogen-bond donors (Lipinski definition) is 1. The molecule has 1 spiro atoms. The second-order valence-corrected chi connectivity index (χ2v) is 9.00. The molecular weight excluding hydrogens is 420 g/mol. The highest BCUT2D eigenvalue weighted by atomic mass is 16.5. The van der Waals surface area contributed by atoms with Crippen LogP contribution in [-0.4, -0.2) is 66.7 Å². The summed E-state index contributed by atoms with van der Waals surface area (Å²) >= 11 is 0. The third-order valence-corrected chi connectivity index (χ3v) is 6.80. The Bertz CT molecular complexity index is 1210. The quantitative estimate of drug-likeness (QED) is 0.646. The smallest absolute Gasteiger partial charge is 0.229 e. The minimum atomic E-state index is -0.254. The van der Waals surface area contributed by atoms with Crippen molar-refractivity contribution in [2.75, 3.05) is 25.5 Å². The van der Waals surface area contributed by atoms with Crippen LogP contribution in [0.25, 0.3) is 11.4 Å². The Morgan fingerprint density at radius 3 is 2.91 bits per heavy atom. The highest BCUT2D eigenvalue weighted by Gasteiger charge is 2.43. The van der Waals surface area contributed by atoms with Crippen molar-refractivity contribution >= 4 is 11.7 Å². The Kier molecular flexibility index (Phi) is 5.22. The fourth-order valence-electron chi connectivity index (χ4n) is 4.84. The topological polar surface area (TPSA) is 111 Å². The number of aromatic nitrogens is 6. The number of rotatable bonds is 4. The second kappa shape index (κ2) is 8.09. The van der Waals surface area contributed by atoms with E-state index in [1.165, 1.54) is 4.80 Å². The molecule has 10 nitrogen and oxygen atoms in total. The van der Waals surface area contributed by atoms with Gasteiger partial charge < -0.3 is 15.0 Å². The molecule has 1 amide bonds. The van der Waals surface area contributed by atoms with Crippen molar-refractivity contribution in [1.82, 2.24) is 35.1 Å². The first-order valence-corrected chi connectivity index (χ1v) is 11.2. The number of hydrogen-bond acceptors (Lipinski definition) is 8. The van der Waals surface area contributed by atoms with Gasteiger partial charge in [0.2, 0.25) is 17.6 Å². The normalized spacial score (nSPS) is 20.4. The standard InChI is InChI=1S/C23H28N8O2/c1-14(16-6-9-24-19(12-16)33-4)22(32)31-10-8-23(13-31)7-5-17-11-18(15(2)25-20(17)26-23)21-27-29-30(3)28-21/h6,9,11-12,14H,5,7-8,10,13H2,1-4H3,(H,25,26)/t14-,23+/m1/s1. The number of likely N-dealkylation sites (tertiary alicyclic amines) is 1. The summed E-state index contributed by atoms with van der Waals surface area (Å²) in [4.78, 5) is 25.7. The zero-order valence-corrected chi connectivity index (χ0v) is 19.4. The van der Waals surface area contributed by atoms with Gasteiger partial charge in [0.15, 0.2) is 0 Å². The van der Waals surface area contributed by atoms with Crippen molar-refractivity contribution < 1.29 is 9.53 Å². The van der Waals surface area contributed by atoms with Crippen molar-refractivity contribution in [2.45, 2.75) is 44.6 Å². The van der Waals surface area contributed by atoms with Gasteiger partial charge in [-0.2, -0.15) is 4.80 Å². The largest absolute Gasteiger partial charge is 0.481 e. The van der Waals surface area contributed by atoms with Crippen molar-refractivity contribution in [3.63, 3.8) is 0 Å². The lowest BCUT2D eigenvalue weighted by Gasteiger charge is -2.36. The summed E-state index contributed by atoms with van der Waals surface area (Å²) in [6.45, 7) is 5.31. The fraction of sp³-hybridized carbons (Fsp3) is 0.478. The molecule has 2 aliphatic rings. The van der Waals surface area contributed by atoms with Gasteiger partial charge in [-0.05, 0) is 61.6 Å². The van der Waals surface area contributed by atoms with E-state index < -0.39 is 0 Å². The van der Waals surface area contributed by atoms with Crippen LogP contribution in [0.15, 0.2) is 24.4 Å². The summed E-state index contributed by atoms with van der Waals surface area (Å²) in [7, 11) is 3.33. The van der Waals surface area contributed by atoms with Gasteiger partial charge in [-0.15, -0.1) is 10.2 Å². The molecule has 0 saturated carbocycles. The van der Waals surface area contributed by atoms with Gasteiger partial charge in [0.25, 0.3) is 0 Å². The SMILES string of the molecule is COc1cc([C@@H](C)C(=O)N2CC[C@@]3(CCc4cc(-c5nnn(C)n5)c(C)nc4N3)C2)ccn1. The molecule has 1 saturated heterocycles. The summed E-state index contributed by atoms with van der Waals surface area (Å²) < 4.78 is 5.22. The molecule has 0 unspecified atom stereocenters. The summed E-state index contributed by atoms with van der Waals surface area (Å²) in [5.41, 5.74) is 3.68. The predicted molar refractivity (Wildman–Crippen MR) is 122 cm³/mol. The third-order valence-electron chi connectivity index (χ3n) is 6.80. The average molecular weight is 449 g/mol. The number of nitrogens with one attached hydrogen (secondary N) is 1. The minimum absolute atomic E-state index is 0.126. The van der Waals surface area contributed by atoms with Gasteiger partial charge in [0.05, 0.1) is 31.3 Å². The molecule has 0 aromatic carbocycles. The number of methoxy groups -OCH3 is 1. The molecule has 10 heteroatoms. The molecule has 5 heterocycles. The van der Waals surface area contributed by atoms with Crippen LogP contribution in [0.2, 0.25) is 0 Å². The van der Waals surface area contributed by atoms with E-state index in [0.717, 1.165) is 54.0 Å². The van der Waals surface area contributed by atoms with Gasteiger partial charge in [0, 0.05) is 30.9 Å². The molecule has 3 aromatic rings. The summed E-state index contributed by atoms with van der Waals surface area (Å²) in [6.07, 6.45) is 4.42. The lowest BCUT2D eigenvalue weighted by molar-refractivity contribution is -0.131. The van der Waals surface area contributed by atoms with Crippen LogP contribution < -0.4 is 10.1 Å². The van der Waals surface area contributed by atoms with Gasteiger partial charge >= 0.3 is 0 Å². The first-order chi connectivity index (χ1) is 15.9. The number of nitrogens with zero attached hydrogens (tertiary/aromatic N) is 7.